The van der Waals surface area contributed by atoms with Gasteiger partial charge in [0.1, 0.15) is 11.6 Å². The van der Waals surface area contributed by atoms with Crippen LogP contribution in [-0.2, 0) is 0 Å². The van der Waals surface area contributed by atoms with Gasteiger partial charge in [-0.25, -0.2) is 4.98 Å². The van der Waals surface area contributed by atoms with Gasteiger partial charge < -0.3 is 10.1 Å². The van der Waals surface area contributed by atoms with Crippen LogP contribution < -0.4 is 10.1 Å². The smallest absolute Gasteiger partial charge is 0.295 e. The number of rotatable bonds is 6. The summed E-state index contributed by atoms with van der Waals surface area (Å²) in [7, 11) is 0. The van der Waals surface area contributed by atoms with Crippen molar-refractivity contribution in [1.82, 2.24) is 9.97 Å². The molecule has 0 atom stereocenters. The van der Waals surface area contributed by atoms with Gasteiger partial charge >= 0.3 is 0 Å². The molecule has 0 spiro atoms. The van der Waals surface area contributed by atoms with Crippen LogP contribution in [0.4, 0.5) is 11.5 Å². The first-order chi connectivity index (χ1) is 10.2. The van der Waals surface area contributed by atoms with E-state index in [1.807, 2.05) is 13.8 Å². The Balaban J connectivity index is 2.51. The summed E-state index contributed by atoms with van der Waals surface area (Å²) < 4.78 is 5.37. The minimum Gasteiger partial charge on any atom is -0.492 e. The van der Waals surface area contributed by atoms with Crippen LogP contribution in [0.3, 0.4) is 0 Å². The summed E-state index contributed by atoms with van der Waals surface area (Å²) in [6.45, 7) is 4.97. The van der Waals surface area contributed by atoms with Gasteiger partial charge in [-0.3, -0.25) is 15.1 Å². The number of aromatic nitrogens is 2. The van der Waals surface area contributed by atoms with Crippen LogP contribution in [0.2, 0.25) is 0 Å². The molecule has 0 aliphatic heterocycles. The van der Waals surface area contributed by atoms with Gasteiger partial charge in [0.05, 0.1) is 17.7 Å². The number of ether oxygens (including phenoxy) is 1. The summed E-state index contributed by atoms with van der Waals surface area (Å²) >= 11 is 0. The number of hydrogen-bond acceptors (Lipinski definition) is 6. The van der Waals surface area contributed by atoms with Crippen molar-refractivity contribution < 1.29 is 9.66 Å². The molecule has 0 aliphatic carbocycles. The third kappa shape index (κ3) is 3.44. The van der Waals surface area contributed by atoms with E-state index >= 15 is 0 Å². The maximum Gasteiger partial charge on any atom is 0.295 e. The fourth-order valence-electron chi connectivity index (χ4n) is 1.89. The highest BCUT2D eigenvalue weighted by molar-refractivity contribution is 5.71. The van der Waals surface area contributed by atoms with Crippen LogP contribution >= 0.6 is 0 Å². The van der Waals surface area contributed by atoms with Crippen LogP contribution in [0, 0.1) is 10.1 Å². The second-order valence-electron chi connectivity index (χ2n) is 4.19. The largest absolute Gasteiger partial charge is 0.492 e. The maximum absolute atomic E-state index is 11.2. The number of nitrogens with one attached hydrogen (secondary N) is 1. The van der Waals surface area contributed by atoms with Crippen molar-refractivity contribution in [2.75, 3.05) is 18.5 Å². The van der Waals surface area contributed by atoms with E-state index in [1.165, 1.54) is 12.3 Å². The summed E-state index contributed by atoms with van der Waals surface area (Å²) in [6, 6.07) is 4.72. The lowest BCUT2D eigenvalue weighted by atomic mass is 10.1. The maximum atomic E-state index is 11.2. The normalized spacial score (nSPS) is 10.2. The molecule has 2 heterocycles. The van der Waals surface area contributed by atoms with Gasteiger partial charge in [0, 0.05) is 24.4 Å². The van der Waals surface area contributed by atoms with E-state index in [9.17, 15) is 10.1 Å². The Kier molecular flexibility index (Phi) is 4.65. The third-order valence-electron chi connectivity index (χ3n) is 2.73. The highest BCUT2D eigenvalue weighted by Crippen LogP contribution is 2.30. The van der Waals surface area contributed by atoms with E-state index in [2.05, 4.69) is 15.3 Å². The topological polar surface area (TPSA) is 90.2 Å². The first-order valence-electron chi connectivity index (χ1n) is 6.63. The van der Waals surface area contributed by atoms with Crippen LogP contribution in [0.25, 0.3) is 11.3 Å². The molecule has 2 rings (SSSR count). The summed E-state index contributed by atoms with van der Waals surface area (Å²) in [5, 5.41) is 14.2. The molecule has 0 aliphatic rings. The minimum absolute atomic E-state index is 0.0629. The van der Waals surface area contributed by atoms with Crippen LogP contribution in [0.5, 0.6) is 5.75 Å². The lowest BCUT2D eigenvalue weighted by molar-refractivity contribution is -0.384. The molecule has 21 heavy (non-hydrogen) atoms. The molecule has 0 unspecified atom stereocenters. The number of nitrogens with zero attached hydrogens (tertiary/aromatic N) is 3. The molecule has 0 fully saturated rings. The summed E-state index contributed by atoms with van der Waals surface area (Å²) in [5.41, 5.74) is 0.756. The Labute approximate surface area is 122 Å². The van der Waals surface area contributed by atoms with Gasteiger partial charge in [-0.05, 0) is 26.0 Å². The van der Waals surface area contributed by atoms with Gasteiger partial charge in [-0.15, -0.1) is 0 Å². The van der Waals surface area contributed by atoms with E-state index < -0.39 is 4.92 Å². The number of nitro groups is 1. The number of pyridine rings is 2. The van der Waals surface area contributed by atoms with Crippen molar-refractivity contribution in [1.29, 1.82) is 0 Å². The van der Waals surface area contributed by atoms with E-state index in [1.54, 1.807) is 18.3 Å². The zero-order valence-corrected chi connectivity index (χ0v) is 11.9. The summed E-state index contributed by atoms with van der Waals surface area (Å²) in [4.78, 5) is 19.1. The first-order valence-corrected chi connectivity index (χ1v) is 6.63. The lowest BCUT2D eigenvalue weighted by Crippen LogP contribution is -2.02. The average Bonchev–Trinajstić information content (AvgIpc) is 2.48. The molecule has 0 aromatic carbocycles. The lowest BCUT2D eigenvalue weighted by Gasteiger charge is -2.08. The van der Waals surface area contributed by atoms with Crippen molar-refractivity contribution in [2.24, 2.45) is 0 Å². The Bertz CT molecular complexity index is 646. The molecule has 0 bridgehead atoms. The van der Waals surface area contributed by atoms with Crippen LogP contribution in [0.1, 0.15) is 13.8 Å². The number of hydrogen-bond donors (Lipinski definition) is 1. The Morgan fingerprint density at radius 1 is 1.33 bits per heavy atom. The fourth-order valence-corrected chi connectivity index (χ4v) is 1.89. The van der Waals surface area contributed by atoms with E-state index in [0.29, 0.717) is 30.3 Å². The van der Waals surface area contributed by atoms with Crippen molar-refractivity contribution in [3.8, 4) is 17.0 Å². The molecule has 110 valence electrons. The van der Waals surface area contributed by atoms with Crippen molar-refractivity contribution in [3.05, 3.63) is 40.7 Å². The van der Waals surface area contributed by atoms with E-state index in [4.69, 9.17) is 4.74 Å². The van der Waals surface area contributed by atoms with Gasteiger partial charge in [0.2, 0.25) is 0 Å². The highest BCUT2D eigenvalue weighted by atomic mass is 16.6. The Morgan fingerprint density at radius 2 is 2.14 bits per heavy atom. The average molecular weight is 288 g/mol. The molecule has 1 N–H and O–H groups in total. The molecule has 0 saturated heterocycles. The molecule has 0 amide bonds. The third-order valence-corrected chi connectivity index (χ3v) is 2.73. The first kappa shape index (κ1) is 14.7. The standard InChI is InChI=1S/C14H16N4O3/c1-3-16-13-6-5-12(18(19)20)14(17-13)10-7-11(21-4-2)9-15-8-10/h5-9H,3-4H2,1-2H3,(H,16,17). The Morgan fingerprint density at radius 3 is 2.81 bits per heavy atom. The van der Waals surface area contributed by atoms with Crippen molar-refractivity contribution >= 4 is 11.5 Å². The van der Waals surface area contributed by atoms with E-state index in [0.717, 1.165) is 0 Å². The Hall–Kier alpha value is -2.70. The SMILES string of the molecule is CCNc1ccc([N+](=O)[O-])c(-c2cncc(OCC)c2)n1. The molecule has 0 radical (unpaired) electrons. The van der Waals surface area contributed by atoms with Gasteiger partial charge in [-0.2, -0.15) is 0 Å². The van der Waals surface area contributed by atoms with Crippen molar-refractivity contribution in [3.63, 3.8) is 0 Å². The summed E-state index contributed by atoms with van der Waals surface area (Å²) in [5.74, 6) is 1.14. The van der Waals surface area contributed by atoms with Gasteiger partial charge in [0.25, 0.3) is 5.69 Å². The highest BCUT2D eigenvalue weighted by Gasteiger charge is 2.18. The van der Waals surface area contributed by atoms with E-state index in [-0.39, 0.29) is 11.4 Å². The molecular formula is C14H16N4O3. The zero-order valence-electron chi connectivity index (χ0n) is 11.9. The molecular weight excluding hydrogens is 272 g/mol. The van der Waals surface area contributed by atoms with Gasteiger partial charge in [0.15, 0.2) is 5.69 Å². The van der Waals surface area contributed by atoms with Gasteiger partial charge in [-0.1, -0.05) is 0 Å². The minimum atomic E-state index is -0.453. The monoisotopic (exact) mass is 288 g/mol. The van der Waals surface area contributed by atoms with Crippen LogP contribution in [0.15, 0.2) is 30.6 Å². The second kappa shape index (κ2) is 6.65. The fraction of sp³-hybridized carbons (Fsp3) is 0.286. The summed E-state index contributed by atoms with van der Waals surface area (Å²) in [6.07, 6.45) is 3.10. The molecule has 7 nitrogen and oxygen atoms in total. The molecule has 2 aromatic rings. The second-order valence-corrected chi connectivity index (χ2v) is 4.19. The molecule has 0 saturated carbocycles. The molecule has 7 heteroatoms. The predicted molar refractivity (Wildman–Crippen MR) is 79.5 cm³/mol. The predicted octanol–water partition coefficient (Wildman–Crippen LogP) is 2.88. The zero-order chi connectivity index (χ0) is 15.2. The van der Waals surface area contributed by atoms with Crippen molar-refractivity contribution in [2.45, 2.75) is 13.8 Å². The van der Waals surface area contributed by atoms with Crippen LogP contribution in [-0.4, -0.2) is 28.0 Å². The molecule has 2 aromatic heterocycles. The number of anilines is 1. The quantitative estimate of drug-likeness (QED) is 0.649.